The van der Waals surface area contributed by atoms with Gasteiger partial charge in [0.15, 0.2) is 24.7 Å². The minimum atomic E-state index is -0.755. The predicted molar refractivity (Wildman–Crippen MR) is 80.4 cm³/mol. The summed E-state index contributed by atoms with van der Waals surface area (Å²) >= 11 is 0. The Labute approximate surface area is 134 Å². The number of rotatable bonds is 9. The molecule has 1 aromatic rings. The molecule has 128 valence electrons. The Morgan fingerprint density at radius 3 is 2.17 bits per heavy atom. The molecule has 23 heavy (non-hydrogen) atoms. The van der Waals surface area contributed by atoms with Crippen LogP contribution in [0.5, 0.6) is 11.5 Å². The van der Waals surface area contributed by atoms with Gasteiger partial charge >= 0.3 is 11.9 Å². The van der Waals surface area contributed by atoms with Crippen LogP contribution in [0.15, 0.2) is 18.2 Å². The Hall–Kier alpha value is -2.32. The number of aliphatic hydroxyl groups is 1. The molecule has 0 aliphatic carbocycles. The van der Waals surface area contributed by atoms with Gasteiger partial charge in [0.1, 0.15) is 0 Å². The average molecular weight is 327 g/mol. The summed E-state index contributed by atoms with van der Waals surface area (Å²) in [4.78, 5) is 22.4. The summed E-state index contributed by atoms with van der Waals surface area (Å²) in [5, 5.41) is 12.8. The molecule has 0 amide bonds. The maximum absolute atomic E-state index is 11.2. The summed E-state index contributed by atoms with van der Waals surface area (Å²) < 4.78 is 19.6. The molecule has 0 bridgehead atoms. The number of esters is 2. The van der Waals surface area contributed by atoms with Crippen molar-refractivity contribution in [2.75, 3.05) is 41.0 Å². The molecule has 8 nitrogen and oxygen atoms in total. The van der Waals surface area contributed by atoms with Gasteiger partial charge in [0, 0.05) is 6.54 Å². The first-order valence-electron chi connectivity index (χ1n) is 6.87. The highest BCUT2D eigenvalue weighted by Crippen LogP contribution is 2.30. The van der Waals surface area contributed by atoms with Crippen LogP contribution in [-0.2, 0) is 19.1 Å². The van der Waals surface area contributed by atoms with E-state index in [4.69, 9.17) is 9.47 Å². The van der Waals surface area contributed by atoms with Crippen molar-refractivity contribution in [1.29, 1.82) is 0 Å². The van der Waals surface area contributed by atoms with Crippen LogP contribution in [0.2, 0.25) is 0 Å². The van der Waals surface area contributed by atoms with E-state index in [9.17, 15) is 14.7 Å². The van der Waals surface area contributed by atoms with E-state index >= 15 is 0 Å². The number of carbonyl (C=O) groups excluding carboxylic acids is 2. The van der Waals surface area contributed by atoms with E-state index in [2.05, 4.69) is 14.8 Å². The third-order valence-corrected chi connectivity index (χ3v) is 2.90. The molecule has 0 aliphatic heterocycles. The maximum atomic E-state index is 11.2. The standard InChI is InChI=1S/C15H21NO7/c1-16-7-11(17)10-4-5-12(22-8-14(18)20-2)13(6-10)23-9-15(19)21-3/h4-6,11,16-17H,7-9H2,1-3H3. The number of ether oxygens (including phenoxy) is 4. The Balaban J connectivity index is 2.92. The first kappa shape index (κ1) is 18.7. The number of nitrogens with one attached hydrogen (secondary N) is 1. The molecule has 0 aromatic heterocycles. The van der Waals surface area contributed by atoms with Crippen molar-refractivity contribution in [2.24, 2.45) is 0 Å². The zero-order valence-electron chi connectivity index (χ0n) is 13.3. The van der Waals surface area contributed by atoms with Gasteiger partial charge in [0.05, 0.1) is 20.3 Å². The van der Waals surface area contributed by atoms with Crippen LogP contribution in [0.4, 0.5) is 0 Å². The molecule has 0 radical (unpaired) electrons. The number of hydrogen-bond donors (Lipinski definition) is 2. The summed E-state index contributed by atoms with van der Waals surface area (Å²) in [5.74, 6) is -0.653. The van der Waals surface area contributed by atoms with Gasteiger partial charge in [-0.2, -0.15) is 0 Å². The van der Waals surface area contributed by atoms with Gasteiger partial charge < -0.3 is 29.4 Å². The smallest absolute Gasteiger partial charge is 0.343 e. The molecule has 0 heterocycles. The fourth-order valence-electron chi connectivity index (χ4n) is 1.67. The van der Waals surface area contributed by atoms with Crippen molar-refractivity contribution < 1.29 is 33.6 Å². The number of methoxy groups -OCH3 is 2. The highest BCUT2D eigenvalue weighted by Gasteiger charge is 2.14. The van der Waals surface area contributed by atoms with Crippen LogP contribution in [0.25, 0.3) is 0 Å². The lowest BCUT2D eigenvalue weighted by Crippen LogP contribution is -2.18. The first-order valence-corrected chi connectivity index (χ1v) is 6.87. The number of benzene rings is 1. The van der Waals surface area contributed by atoms with E-state index in [0.29, 0.717) is 12.1 Å². The topological polar surface area (TPSA) is 103 Å². The van der Waals surface area contributed by atoms with Crippen LogP contribution in [-0.4, -0.2) is 58.1 Å². The monoisotopic (exact) mass is 327 g/mol. The Bertz CT molecular complexity index is 533. The molecule has 0 spiro atoms. The number of aliphatic hydroxyl groups excluding tert-OH is 1. The minimum absolute atomic E-state index is 0.215. The van der Waals surface area contributed by atoms with Crippen molar-refractivity contribution >= 4 is 11.9 Å². The summed E-state index contributed by atoms with van der Waals surface area (Å²) in [6, 6.07) is 4.72. The SMILES string of the molecule is CNCC(O)c1ccc(OCC(=O)OC)c(OCC(=O)OC)c1. The van der Waals surface area contributed by atoms with Gasteiger partial charge in [-0.3, -0.25) is 0 Å². The van der Waals surface area contributed by atoms with Crippen LogP contribution in [0, 0.1) is 0 Å². The van der Waals surface area contributed by atoms with Gasteiger partial charge in [-0.25, -0.2) is 9.59 Å². The van der Waals surface area contributed by atoms with Gasteiger partial charge in [0.2, 0.25) is 0 Å². The molecular weight excluding hydrogens is 306 g/mol. The molecule has 0 aliphatic rings. The average Bonchev–Trinajstić information content (AvgIpc) is 2.57. The van der Waals surface area contributed by atoms with Crippen molar-refractivity contribution in [3.63, 3.8) is 0 Å². The summed E-state index contributed by atoms with van der Waals surface area (Å²) in [6.07, 6.45) is -0.755. The van der Waals surface area contributed by atoms with E-state index in [0.717, 1.165) is 0 Å². The molecule has 0 saturated heterocycles. The zero-order chi connectivity index (χ0) is 17.2. The van der Waals surface area contributed by atoms with Crippen LogP contribution < -0.4 is 14.8 Å². The lowest BCUT2D eigenvalue weighted by atomic mass is 10.1. The second-order valence-corrected chi connectivity index (χ2v) is 4.51. The molecular formula is C15H21NO7. The molecule has 1 aromatic carbocycles. The third-order valence-electron chi connectivity index (χ3n) is 2.90. The van der Waals surface area contributed by atoms with Crippen molar-refractivity contribution in [3.8, 4) is 11.5 Å². The maximum Gasteiger partial charge on any atom is 0.343 e. The fourth-order valence-corrected chi connectivity index (χ4v) is 1.67. The summed E-state index contributed by atoms with van der Waals surface area (Å²) in [5.41, 5.74) is 0.574. The van der Waals surface area contributed by atoms with E-state index in [1.807, 2.05) is 0 Å². The van der Waals surface area contributed by atoms with Crippen LogP contribution in [0.1, 0.15) is 11.7 Å². The van der Waals surface area contributed by atoms with E-state index < -0.39 is 18.0 Å². The highest BCUT2D eigenvalue weighted by molar-refractivity contribution is 5.71. The number of carbonyl (C=O) groups is 2. The van der Waals surface area contributed by atoms with Crippen molar-refractivity contribution in [2.45, 2.75) is 6.10 Å². The van der Waals surface area contributed by atoms with Crippen molar-refractivity contribution in [1.82, 2.24) is 5.32 Å². The van der Waals surface area contributed by atoms with Gasteiger partial charge in [-0.15, -0.1) is 0 Å². The fraction of sp³-hybridized carbons (Fsp3) is 0.467. The largest absolute Gasteiger partial charge is 0.478 e. The van der Waals surface area contributed by atoms with E-state index in [1.165, 1.54) is 20.3 Å². The van der Waals surface area contributed by atoms with Gasteiger partial charge in [-0.05, 0) is 24.7 Å². The Morgan fingerprint density at radius 1 is 1.09 bits per heavy atom. The first-order chi connectivity index (χ1) is 11.0. The second kappa shape index (κ2) is 9.65. The minimum Gasteiger partial charge on any atom is -0.478 e. The second-order valence-electron chi connectivity index (χ2n) is 4.51. The van der Waals surface area contributed by atoms with E-state index in [1.54, 1.807) is 19.2 Å². The summed E-state index contributed by atoms with van der Waals surface area (Å²) in [6.45, 7) is -0.279. The molecule has 0 saturated carbocycles. The quantitative estimate of drug-likeness (QED) is 0.613. The molecule has 2 N–H and O–H groups in total. The van der Waals surface area contributed by atoms with Gasteiger partial charge in [-0.1, -0.05) is 6.07 Å². The normalized spacial score (nSPS) is 11.5. The molecule has 8 heteroatoms. The Kier molecular flexibility index (Phi) is 7.86. The lowest BCUT2D eigenvalue weighted by Gasteiger charge is -2.15. The molecule has 1 atom stereocenters. The molecule has 1 rings (SSSR count). The van der Waals surface area contributed by atoms with Crippen molar-refractivity contribution in [3.05, 3.63) is 23.8 Å². The summed E-state index contributed by atoms with van der Waals surface area (Å²) in [7, 11) is 4.21. The molecule has 0 fully saturated rings. The highest BCUT2D eigenvalue weighted by atomic mass is 16.6. The van der Waals surface area contributed by atoms with E-state index in [-0.39, 0.29) is 24.7 Å². The zero-order valence-corrected chi connectivity index (χ0v) is 13.3. The predicted octanol–water partition coefficient (Wildman–Crippen LogP) is 0.0430. The lowest BCUT2D eigenvalue weighted by molar-refractivity contribution is -0.144. The number of likely N-dealkylation sites (N-methyl/N-ethyl adjacent to an activating group) is 1. The van der Waals surface area contributed by atoms with Crippen LogP contribution >= 0.6 is 0 Å². The Morgan fingerprint density at radius 2 is 1.65 bits per heavy atom. The molecule has 1 unspecified atom stereocenters. The number of hydrogen-bond acceptors (Lipinski definition) is 8. The van der Waals surface area contributed by atoms with Gasteiger partial charge in [0.25, 0.3) is 0 Å². The van der Waals surface area contributed by atoms with Crippen LogP contribution in [0.3, 0.4) is 0 Å². The third kappa shape index (κ3) is 6.13.